The normalized spacial score (nSPS) is 10.1. The molecule has 1 heterocycles. The molecule has 5 heteroatoms. The summed E-state index contributed by atoms with van der Waals surface area (Å²) < 4.78 is 10.2. The molecule has 1 rings (SSSR count). The minimum atomic E-state index is -0.533. The van der Waals surface area contributed by atoms with Crippen molar-refractivity contribution in [3.63, 3.8) is 0 Å². The molecule has 0 saturated carbocycles. The van der Waals surface area contributed by atoms with Crippen molar-refractivity contribution in [1.82, 2.24) is 4.98 Å². The first-order chi connectivity index (χ1) is 9.70. The summed E-state index contributed by atoms with van der Waals surface area (Å²) in [5, 5.41) is 0. The Kier molecular flexibility index (Phi) is 7.32. The van der Waals surface area contributed by atoms with Crippen molar-refractivity contribution in [2.75, 3.05) is 13.2 Å². The smallest absolute Gasteiger partial charge is 0.340 e. The van der Waals surface area contributed by atoms with E-state index in [2.05, 4.69) is 4.98 Å². The maximum atomic E-state index is 11.9. The van der Waals surface area contributed by atoms with E-state index in [1.165, 1.54) is 18.5 Å². The van der Waals surface area contributed by atoms with Gasteiger partial charge in [0.15, 0.2) is 0 Å². The molecule has 0 aliphatic heterocycles. The topological polar surface area (TPSA) is 65.5 Å². The molecule has 0 amide bonds. The molecule has 0 unspecified atom stereocenters. The highest BCUT2D eigenvalue weighted by Crippen LogP contribution is 2.11. The number of carbonyl (C=O) groups is 2. The van der Waals surface area contributed by atoms with Crippen molar-refractivity contribution in [2.24, 2.45) is 0 Å². The molecule has 0 spiro atoms. The van der Waals surface area contributed by atoms with Gasteiger partial charge in [0.25, 0.3) is 0 Å². The second-order valence-corrected chi connectivity index (χ2v) is 4.40. The fourth-order valence-electron chi connectivity index (χ4n) is 1.51. The Balaban J connectivity index is 2.71. The van der Waals surface area contributed by atoms with E-state index in [4.69, 9.17) is 9.47 Å². The summed E-state index contributed by atoms with van der Waals surface area (Å²) in [7, 11) is 0. The summed E-state index contributed by atoms with van der Waals surface area (Å²) in [5.74, 6) is -1.04. The van der Waals surface area contributed by atoms with E-state index in [0.29, 0.717) is 13.2 Å². The van der Waals surface area contributed by atoms with Crippen molar-refractivity contribution in [2.45, 2.75) is 39.5 Å². The van der Waals surface area contributed by atoms with Crippen LogP contribution in [0.1, 0.15) is 60.2 Å². The molecule has 1 aromatic heterocycles. The molecule has 0 aromatic carbocycles. The van der Waals surface area contributed by atoms with Gasteiger partial charge in [-0.05, 0) is 18.9 Å². The number of aromatic nitrogens is 1. The first kappa shape index (κ1) is 16.1. The van der Waals surface area contributed by atoms with Gasteiger partial charge < -0.3 is 9.47 Å². The van der Waals surface area contributed by atoms with E-state index in [1.54, 1.807) is 0 Å². The van der Waals surface area contributed by atoms with E-state index in [-0.39, 0.29) is 11.1 Å². The van der Waals surface area contributed by atoms with Crippen LogP contribution < -0.4 is 0 Å². The lowest BCUT2D eigenvalue weighted by molar-refractivity contribution is 0.0452. The van der Waals surface area contributed by atoms with Gasteiger partial charge in [-0.3, -0.25) is 4.98 Å². The average molecular weight is 279 g/mol. The van der Waals surface area contributed by atoms with Crippen LogP contribution in [0.3, 0.4) is 0 Å². The van der Waals surface area contributed by atoms with E-state index in [9.17, 15) is 9.59 Å². The lowest BCUT2D eigenvalue weighted by Crippen LogP contribution is -2.15. The maximum absolute atomic E-state index is 11.9. The molecule has 0 aliphatic rings. The number of hydrogen-bond donors (Lipinski definition) is 0. The molecule has 1 aromatic rings. The van der Waals surface area contributed by atoms with Crippen LogP contribution in [0, 0.1) is 0 Å². The Hall–Kier alpha value is -1.91. The first-order valence-electron chi connectivity index (χ1n) is 6.99. The van der Waals surface area contributed by atoms with Gasteiger partial charge in [0.2, 0.25) is 0 Å². The van der Waals surface area contributed by atoms with Crippen LogP contribution in [0.2, 0.25) is 0 Å². The first-order valence-corrected chi connectivity index (χ1v) is 6.99. The van der Waals surface area contributed by atoms with Crippen molar-refractivity contribution >= 4 is 11.9 Å². The monoisotopic (exact) mass is 279 g/mol. The van der Waals surface area contributed by atoms with Crippen LogP contribution in [0.4, 0.5) is 0 Å². The van der Waals surface area contributed by atoms with Crippen molar-refractivity contribution in [1.29, 1.82) is 0 Å². The third kappa shape index (κ3) is 4.99. The zero-order chi connectivity index (χ0) is 14.8. The van der Waals surface area contributed by atoms with Crippen LogP contribution in [-0.4, -0.2) is 30.1 Å². The lowest BCUT2D eigenvalue weighted by atomic mass is 10.1. The Morgan fingerprint density at radius 2 is 1.55 bits per heavy atom. The third-order valence-corrected chi connectivity index (χ3v) is 2.72. The standard InChI is InChI=1S/C15H21NO4/c1-3-5-9-19-14(17)12-7-8-16-11-13(12)15(18)20-10-6-4-2/h7-8,11H,3-6,9-10H2,1-2H3. The minimum absolute atomic E-state index is 0.158. The molecule has 0 atom stereocenters. The van der Waals surface area contributed by atoms with Crippen LogP contribution in [0.15, 0.2) is 18.5 Å². The Labute approximate surface area is 119 Å². The van der Waals surface area contributed by atoms with Gasteiger partial charge in [-0.25, -0.2) is 9.59 Å². The molecule has 5 nitrogen and oxygen atoms in total. The summed E-state index contributed by atoms with van der Waals surface area (Å²) in [6.45, 7) is 4.71. The van der Waals surface area contributed by atoms with Crippen LogP contribution in [0.5, 0.6) is 0 Å². The van der Waals surface area contributed by atoms with E-state index >= 15 is 0 Å². The highest BCUT2D eigenvalue weighted by Gasteiger charge is 2.19. The Morgan fingerprint density at radius 3 is 2.10 bits per heavy atom. The van der Waals surface area contributed by atoms with E-state index in [1.807, 2.05) is 13.8 Å². The summed E-state index contributed by atoms with van der Waals surface area (Å²) >= 11 is 0. The van der Waals surface area contributed by atoms with Gasteiger partial charge in [0, 0.05) is 12.4 Å². The number of ether oxygens (including phenoxy) is 2. The summed E-state index contributed by atoms with van der Waals surface area (Å²) in [6.07, 6.45) is 6.26. The highest BCUT2D eigenvalue weighted by molar-refractivity contribution is 6.02. The summed E-state index contributed by atoms with van der Waals surface area (Å²) in [6, 6.07) is 1.48. The number of nitrogens with zero attached hydrogens (tertiary/aromatic N) is 1. The molecule has 0 fully saturated rings. The second-order valence-electron chi connectivity index (χ2n) is 4.40. The van der Waals surface area contributed by atoms with Crippen LogP contribution in [0.25, 0.3) is 0 Å². The van der Waals surface area contributed by atoms with Gasteiger partial charge in [0.1, 0.15) is 0 Å². The molecule has 0 radical (unpaired) electrons. The molecule has 20 heavy (non-hydrogen) atoms. The van der Waals surface area contributed by atoms with Crippen molar-refractivity contribution in [3.05, 3.63) is 29.6 Å². The Bertz CT molecular complexity index is 404. The Morgan fingerprint density at radius 1 is 1.00 bits per heavy atom. The van der Waals surface area contributed by atoms with Gasteiger partial charge in [-0.15, -0.1) is 0 Å². The number of rotatable bonds is 8. The molecule has 0 bridgehead atoms. The SMILES string of the molecule is CCCCOC(=O)c1ccncc1C(=O)OCCCC. The zero-order valence-electron chi connectivity index (χ0n) is 12.1. The molecular weight excluding hydrogens is 258 g/mol. The van der Waals surface area contributed by atoms with Crippen LogP contribution in [-0.2, 0) is 9.47 Å². The van der Waals surface area contributed by atoms with Gasteiger partial charge in [-0.2, -0.15) is 0 Å². The summed E-state index contributed by atoms with van der Waals surface area (Å²) in [5.41, 5.74) is 0.364. The van der Waals surface area contributed by atoms with Crippen LogP contribution >= 0.6 is 0 Å². The number of unbranched alkanes of at least 4 members (excludes halogenated alkanes) is 2. The largest absolute Gasteiger partial charge is 0.462 e. The minimum Gasteiger partial charge on any atom is -0.462 e. The number of hydrogen-bond acceptors (Lipinski definition) is 5. The van der Waals surface area contributed by atoms with Crippen molar-refractivity contribution in [3.8, 4) is 0 Å². The number of carbonyl (C=O) groups excluding carboxylic acids is 2. The fourth-order valence-corrected chi connectivity index (χ4v) is 1.51. The molecular formula is C15H21NO4. The quantitative estimate of drug-likeness (QED) is 0.540. The second kappa shape index (κ2) is 9.07. The average Bonchev–Trinajstić information content (AvgIpc) is 2.47. The van der Waals surface area contributed by atoms with E-state index in [0.717, 1.165) is 25.7 Å². The molecule has 0 saturated heterocycles. The molecule has 110 valence electrons. The highest BCUT2D eigenvalue weighted by atomic mass is 16.5. The fraction of sp³-hybridized carbons (Fsp3) is 0.533. The predicted octanol–water partition coefficient (Wildman–Crippen LogP) is 3.00. The van der Waals surface area contributed by atoms with Gasteiger partial charge in [-0.1, -0.05) is 26.7 Å². The van der Waals surface area contributed by atoms with Gasteiger partial charge >= 0.3 is 11.9 Å². The summed E-state index contributed by atoms with van der Waals surface area (Å²) in [4.78, 5) is 27.7. The van der Waals surface area contributed by atoms with Gasteiger partial charge in [0.05, 0.1) is 24.3 Å². The molecule has 0 aliphatic carbocycles. The third-order valence-electron chi connectivity index (χ3n) is 2.72. The zero-order valence-corrected chi connectivity index (χ0v) is 12.1. The number of pyridine rings is 1. The molecule has 0 N–H and O–H groups in total. The van der Waals surface area contributed by atoms with E-state index < -0.39 is 11.9 Å². The predicted molar refractivity (Wildman–Crippen MR) is 74.6 cm³/mol. The maximum Gasteiger partial charge on any atom is 0.340 e. The number of esters is 2. The lowest BCUT2D eigenvalue weighted by Gasteiger charge is -2.08. The van der Waals surface area contributed by atoms with Crippen molar-refractivity contribution < 1.29 is 19.1 Å².